The fraction of sp³-hybridized carbons (Fsp3) is 0.571. The Kier molecular flexibility index (Phi) is 3.97. The molecule has 0 spiro atoms. The van der Waals surface area contributed by atoms with Crippen LogP contribution in [0.25, 0.3) is 0 Å². The van der Waals surface area contributed by atoms with Crippen molar-refractivity contribution in [3.63, 3.8) is 0 Å². The summed E-state index contributed by atoms with van der Waals surface area (Å²) in [7, 11) is 0. The highest BCUT2D eigenvalue weighted by atomic mass is 19.1. The summed E-state index contributed by atoms with van der Waals surface area (Å²) in [6, 6.07) is 3.46. The van der Waals surface area contributed by atoms with E-state index in [4.69, 9.17) is 4.74 Å². The van der Waals surface area contributed by atoms with E-state index in [-0.39, 0.29) is 6.04 Å². The summed E-state index contributed by atoms with van der Waals surface area (Å²) in [4.78, 5) is 0. The maximum absolute atomic E-state index is 13.3. The SMILES string of the molecule is CCNC(c1cc(F)cc(F)c1)C1(C)CCCO1. The van der Waals surface area contributed by atoms with Crippen LogP contribution in [-0.4, -0.2) is 18.8 Å². The fourth-order valence-corrected chi connectivity index (χ4v) is 2.66. The first-order chi connectivity index (χ1) is 8.55. The summed E-state index contributed by atoms with van der Waals surface area (Å²) in [5.74, 6) is -1.09. The highest BCUT2D eigenvalue weighted by Gasteiger charge is 2.39. The van der Waals surface area contributed by atoms with E-state index in [1.807, 2.05) is 13.8 Å². The first-order valence-electron chi connectivity index (χ1n) is 6.38. The minimum Gasteiger partial charge on any atom is -0.373 e. The Morgan fingerprint density at radius 2 is 2.00 bits per heavy atom. The second-order valence-electron chi connectivity index (χ2n) is 4.96. The lowest BCUT2D eigenvalue weighted by atomic mass is 9.87. The Balaban J connectivity index is 2.34. The lowest BCUT2D eigenvalue weighted by molar-refractivity contribution is -0.0122. The van der Waals surface area contributed by atoms with Crippen molar-refractivity contribution in [3.8, 4) is 0 Å². The normalized spacial score (nSPS) is 25.3. The van der Waals surface area contributed by atoms with Crippen LogP contribution >= 0.6 is 0 Å². The second kappa shape index (κ2) is 5.33. The van der Waals surface area contributed by atoms with E-state index in [2.05, 4.69) is 5.32 Å². The monoisotopic (exact) mass is 255 g/mol. The van der Waals surface area contributed by atoms with E-state index < -0.39 is 17.2 Å². The first-order valence-corrected chi connectivity index (χ1v) is 6.38. The van der Waals surface area contributed by atoms with Crippen molar-refractivity contribution in [3.05, 3.63) is 35.4 Å². The number of nitrogens with one attached hydrogen (secondary N) is 1. The molecule has 1 saturated heterocycles. The van der Waals surface area contributed by atoms with Gasteiger partial charge in [0.15, 0.2) is 0 Å². The minimum absolute atomic E-state index is 0.185. The molecule has 0 aliphatic carbocycles. The van der Waals surface area contributed by atoms with Gasteiger partial charge >= 0.3 is 0 Å². The summed E-state index contributed by atoms with van der Waals surface area (Å²) < 4.78 is 32.4. The van der Waals surface area contributed by atoms with Gasteiger partial charge in [-0.05, 0) is 44.0 Å². The Labute approximate surface area is 106 Å². The van der Waals surface area contributed by atoms with Crippen LogP contribution in [0.15, 0.2) is 18.2 Å². The molecule has 0 bridgehead atoms. The Bertz CT molecular complexity index is 396. The van der Waals surface area contributed by atoms with Gasteiger partial charge in [-0.1, -0.05) is 6.92 Å². The van der Waals surface area contributed by atoms with Crippen molar-refractivity contribution in [1.29, 1.82) is 0 Å². The number of benzene rings is 1. The van der Waals surface area contributed by atoms with Gasteiger partial charge in [0.2, 0.25) is 0 Å². The van der Waals surface area contributed by atoms with Crippen LogP contribution in [0.5, 0.6) is 0 Å². The fourth-order valence-electron chi connectivity index (χ4n) is 2.66. The Morgan fingerprint density at radius 3 is 2.50 bits per heavy atom. The molecule has 1 heterocycles. The molecule has 18 heavy (non-hydrogen) atoms. The molecule has 2 unspecified atom stereocenters. The van der Waals surface area contributed by atoms with Gasteiger partial charge in [0.1, 0.15) is 11.6 Å². The van der Waals surface area contributed by atoms with Crippen molar-refractivity contribution < 1.29 is 13.5 Å². The Morgan fingerprint density at radius 1 is 1.33 bits per heavy atom. The first kappa shape index (κ1) is 13.4. The molecule has 0 amide bonds. The molecule has 2 nitrogen and oxygen atoms in total. The average Bonchev–Trinajstić information content (AvgIpc) is 2.72. The van der Waals surface area contributed by atoms with Gasteiger partial charge in [-0.2, -0.15) is 0 Å². The van der Waals surface area contributed by atoms with Crippen LogP contribution < -0.4 is 5.32 Å². The third kappa shape index (κ3) is 2.70. The van der Waals surface area contributed by atoms with Gasteiger partial charge in [0.25, 0.3) is 0 Å². The van der Waals surface area contributed by atoms with Crippen molar-refractivity contribution in [2.24, 2.45) is 0 Å². The number of hydrogen-bond acceptors (Lipinski definition) is 2. The molecule has 0 radical (unpaired) electrons. The maximum Gasteiger partial charge on any atom is 0.126 e. The Hall–Kier alpha value is -1.00. The summed E-state index contributed by atoms with van der Waals surface area (Å²) in [5.41, 5.74) is 0.217. The highest BCUT2D eigenvalue weighted by Crippen LogP contribution is 2.37. The molecule has 1 aliphatic rings. The third-order valence-corrected chi connectivity index (χ3v) is 3.49. The maximum atomic E-state index is 13.3. The van der Waals surface area contributed by atoms with Crippen molar-refractivity contribution in [2.75, 3.05) is 13.2 Å². The van der Waals surface area contributed by atoms with Crippen molar-refractivity contribution in [2.45, 2.75) is 38.3 Å². The van der Waals surface area contributed by atoms with Gasteiger partial charge in [-0.3, -0.25) is 0 Å². The predicted molar refractivity (Wildman–Crippen MR) is 66.4 cm³/mol. The highest BCUT2D eigenvalue weighted by molar-refractivity contribution is 5.24. The number of ether oxygens (including phenoxy) is 1. The summed E-state index contributed by atoms with van der Waals surface area (Å²) in [6.07, 6.45) is 1.87. The van der Waals surface area contributed by atoms with Crippen molar-refractivity contribution in [1.82, 2.24) is 5.32 Å². The predicted octanol–water partition coefficient (Wildman–Crippen LogP) is 3.18. The van der Waals surface area contributed by atoms with Gasteiger partial charge in [-0.25, -0.2) is 8.78 Å². The molecule has 1 fully saturated rings. The van der Waals surface area contributed by atoms with Crippen molar-refractivity contribution >= 4 is 0 Å². The molecule has 1 aliphatic heterocycles. The average molecular weight is 255 g/mol. The number of hydrogen-bond donors (Lipinski definition) is 1. The van der Waals surface area contributed by atoms with Crippen LogP contribution in [0.3, 0.4) is 0 Å². The number of rotatable bonds is 4. The molecule has 0 saturated carbocycles. The largest absolute Gasteiger partial charge is 0.373 e. The molecule has 1 N–H and O–H groups in total. The van der Waals surface area contributed by atoms with Crippen LogP contribution in [-0.2, 0) is 4.74 Å². The van der Waals surface area contributed by atoms with Crippen LogP contribution in [0.2, 0.25) is 0 Å². The molecule has 4 heteroatoms. The topological polar surface area (TPSA) is 21.3 Å². The quantitative estimate of drug-likeness (QED) is 0.892. The summed E-state index contributed by atoms with van der Waals surface area (Å²) in [6.45, 7) is 5.40. The third-order valence-electron chi connectivity index (χ3n) is 3.49. The molecule has 100 valence electrons. The molecule has 1 aromatic rings. The van der Waals surface area contributed by atoms with E-state index in [0.29, 0.717) is 12.2 Å². The minimum atomic E-state index is -0.547. The van der Waals surface area contributed by atoms with Gasteiger partial charge < -0.3 is 10.1 Å². The zero-order chi connectivity index (χ0) is 13.2. The van der Waals surface area contributed by atoms with Gasteiger partial charge in [-0.15, -0.1) is 0 Å². The molecule has 1 aromatic carbocycles. The molecular formula is C14H19F2NO. The zero-order valence-electron chi connectivity index (χ0n) is 10.8. The van der Waals surface area contributed by atoms with E-state index in [1.165, 1.54) is 12.1 Å². The number of halogens is 2. The zero-order valence-corrected chi connectivity index (χ0v) is 10.8. The number of likely N-dealkylation sites (N-methyl/N-ethyl adjacent to an activating group) is 1. The molecule has 0 aromatic heterocycles. The van der Waals surface area contributed by atoms with Crippen LogP contribution in [0.1, 0.15) is 38.3 Å². The summed E-state index contributed by atoms with van der Waals surface area (Å²) in [5, 5.41) is 3.28. The molecule has 2 rings (SSSR count). The van der Waals surface area contributed by atoms with Crippen LogP contribution in [0, 0.1) is 11.6 Å². The van der Waals surface area contributed by atoms with E-state index in [9.17, 15) is 8.78 Å². The van der Waals surface area contributed by atoms with E-state index in [0.717, 1.165) is 25.5 Å². The van der Waals surface area contributed by atoms with Gasteiger partial charge in [0.05, 0.1) is 11.6 Å². The molecular weight excluding hydrogens is 236 g/mol. The molecule has 2 atom stereocenters. The van der Waals surface area contributed by atoms with Gasteiger partial charge in [0, 0.05) is 12.7 Å². The lowest BCUT2D eigenvalue weighted by Gasteiger charge is -2.34. The smallest absolute Gasteiger partial charge is 0.126 e. The summed E-state index contributed by atoms with van der Waals surface area (Å²) >= 11 is 0. The van der Waals surface area contributed by atoms with Crippen LogP contribution in [0.4, 0.5) is 8.78 Å². The second-order valence-corrected chi connectivity index (χ2v) is 4.96. The standard InChI is InChI=1S/C14H19F2NO/c1-3-17-13(14(2)5-4-6-18-14)10-7-11(15)9-12(16)8-10/h7-9,13,17H,3-6H2,1-2H3. The van der Waals surface area contributed by atoms with E-state index >= 15 is 0 Å². The lowest BCUT2D eigenvalue weighted by Crippen LogP contribution is -2.41. The van der Waals surface area contributed by atoms with E-state index in [1.54, 1.807) is 0 Å².